The maximum absolute atomic E-state index is 12.7. The lowest BCUT2D eigenvalue weighted by molar-refractivity contribution is -0.148. The second-order valence-corrected chi connectivity index (χ2v) is 7.58. The van der Waals surface area contributed by atoms with Crippen LogP contribution in [0.2, 0.25) is 0 Å². The number of esters is 2. The molecule has 174 valence electrons. The Morgan fingerprint density at radius 1 is 1.18 bits per heavy atom. The summed E-state index contributed by atoms with van der Waals surface area (Å²) in [4.78, 5) is 48.1. The summed E-state index contributed by atoms with van der Waals surface area (Å²) >= 11 is 0. The molecule has 0 spiro atoms. The highest BCUT2D eigenvalue weighted by Crippen LogP contribution is 2.29. The van der Waals surface area contributed by atoms with Crippen molar-refractivity contribution in [3.63, 3.8) is 0 Å². The molecule has 0 saturated carbocycles. The van der Waals surface area contributed by atoms with Gasteiger partial charge in [-0.1, -0.05) is 0 Å². The molecule has 1 unspecified atom stereocenters. The normalized spacial score (nSPS) is 19.0. The van der Waals surface area contributed by atoms with E-state index in [1.165, 1.54) is 6.26 Å². The number of anilines is 1. The Hall–Kier alpha value is -3.89. The second-order valence-electron chi connectivity index (χ2n) is 7.58. The van der Waals surface area contributed by atoms with Crippen molar-refractivity contribution in [2.45, 2.75) is 25.8 Å². The first-order chi connectivity index (χ1) is 16.1. The number of aromatic nitrogens is 2. The van der Waals surface area contributed by atoms with Gasteiger partial charge in [-0.2, -0.15) is 0 Å². The Bertz CT molecular complexity index is 1020. The summed E-state index contributed by atoms with van der Waals surface area (Å²) in [7, 11) is 0. The lowest BCUT2D eigenvalue weighted by Gasteiger charge is -2.31. The largest absolute Gasteiger partial charge is 0.467 e. The smallest absolute Gasteiger partial charge is 0.338 e. The van der Waals surface area contributed by atoms with Crippen molar-refractivity contribution in [2.24, 2.45) is 5.92 Å². The van der Waals surface area contributed by atoms with E-state index in [0.29, 0.717) is 37.6 Å². The highest BCUT2D eigenvalue weighted by atomic mass is 16.5. The predicted octanol–water partition coefficient (Wildman–Crippen LogP) is 1.70. The predicted molar refractivity (Wildman–Crippen MR) is 115 cm³/mol. The number of piperidine rings is 1. The minimum atomic E-state index is -0.851. The van der Waals surface area contributed by atoms with Gasteiger partial charge in [-0.25, -0.2) is 19.6 Å². The van der Waals surface area contributed by atoms with Crippen LogP contribution in [0.15, 0.2) is 52.5 Å². The molecule has 2 aromatic rings. The minimum absolute atomic E-state index is 0.134. The number of carbonyl (C=O) groups is 3. The van der Waals surface area contributed by atoms with Gasteiger partial charge in [0, 0.05) is 25.5 Å². The van der Waals surface area contributed by atoms with E-state index in [1.807, 2.05) is 4.90 Å². The Balaban J connectivity index is 1.43. The van der Waals surface area contributed by atoms with Gasteiger partial charge >= 0.3 is 18.0 Å². The first kappa shape index (κ1) is 22.3. The van der Waals surface area contributed by atoms with E-state index in [4.69, 9.17) is 13.9 Å². The van der Waals surface area contributed by atoms with Gasteiger partial charge in [-0.15, -0.1) is 0 Å². The van der Waals surface area contributed by atoms with Crippen LogP contribution in [0.3, 0.4) is 0 Å². The fraction of sp³-hybridized carbons (Fsp3) is 0.409. The molecule has 1 atom stereocenters. The monoisotopic (exact) mass is 455 g/mol. The van der Waals surface area contributed by atoms with Crippen LogP contribution in [0.4, 0.5) is 10.7 Å². The van der Waals surface area contributed by atoms with E-state index in [0.717, 1.165) is 0 Å². The number of nitrogens with one attached hydrogen (secondary N) is 2. The van der Waals surface area contributed by atoms with Gasteiger partial charge in [-0.3, -0.25) is 4.79 Å². The summed E-state index contributed by atoms with van der Waals surface area (Å²) in [5.74, 6) is -0.313. The molecule has 1 fully saturated rings. The Kier molecular flexibility index (Phi) is 6.86. The van der Waals surface area contributed by atoms with E-state index in [-0.39, 0.29) is 36.4 Å². The van der Waals surface area contributed by atoms with Gasteiger partial charge < -0.3 is 29.4 Å². The van der Waals surface area contributed by atoms with Gasteiger partial charge in [-0.05, 0) is 38.0 Å². The van der Waals surface area contributed by atoms with E-state index >= 15 is 0 Å². The van der Waals surface area contributed by atoms with Gasteiger partial charge in [0.15, 0.2) is 0 Å². The van der Waals surface area contributed by atoms with Crippen molar-refractivity contribution >= 4 is 23.9 Å². The Labute approximate surface area is 190 Å². The van der Waals surface area contributed by atoms with Gasteiger partial charge in [0.1, 0.15) is 18.4 Å². The number of carbonyl (C=O) groups excluding carboxylic acids is 3. The zero-order valence-electron chi connectivity index (χ0n) is 18.2. The van der Waals surface area contributed by atoms with Crippen molar-refractivity contribution in [1.82, 2.24) is 20.6 Å². The molecule has 2 N–H and O–H groups in total. The number of hydrogen-bond acceptors (Lipinski definition) is 9. The number of urea groups is 1. The van der Waals surface area contributed by atoms with E-state index in [9.17, 15) is 14.4 Å². The maximum Gasteiger partial charge on any atom is 0.338 e. The molecule has 11 heteroatoms. The number of nitrogens with zero attached hydrogens (tertiary/aromatic N) is 3. The number of rotatable bonds is 7. The third kappa shape index (κ3) is 5.13. The number of ether oxygens (including phenoxy) is 2. The van der Waals surface area contributed by atoms with Crippen molar-refractivity contribution < 1.29 is 28.3 Å². The molecule has 2 aliphatic heterocycles. The number of amides is 2. The first-order valence-corrected chi connectivity index (χ1v) is 10.8. The molecule has 2 aliphatic rings. The molecule has 2 aromatic heterocycles. The molecule has 0 aromatic carbocycles. The Morgan fingerprint density at radius 3 is 2.61 bits per heavy atom. The van der Waals surface area contributed by atoms with Gasteiger partial charge in [0.25, 0.3) is 0 Å². The highest BCUT2D eigenvalue weighted by Gasteiger charge is 2.36. The van der Waals surface area contributed by atoms with Crippen molar-refractivity contribution in [1.29, 1.82) is 0 Å². The zero-order chi connectivity index (χ0) is 23.2. The lowest BCUT2D eigenvalue weighted by atomic mass is 9.97. The van der Waals surface area contributed by atoms with Crippen LogP contribution in [0.25, 0.3) is 0 Å². The molecule has 4 heterocycles. The molecule has 33 heavy (non-hydrogen) atoms. The highest BCUT2D eigenvalue weighted by molar-refractivity contribution is 5.95. The van der Waals surface area contributed by atoms with Crippen molar-refractivity contribution in [2.75, 3.05) is 31.2 Å². The van der Waals surface area contributed by atoms with Crippen LogP contribution in [0.5, 0.6) is 0 Å². The summed E-state index contributed by atoms with van der Waals surface area (Å²) in [5, 5.41) is 5.22. The van der Waals surface area contributed by atoms with Crippen LogP contribution in [0.1, 0.15) is 31.6 Å². The SMILES string of the molecule is CCOC(=O)C1=C(COC(=O)C2CCN(c3ncccn3)CC2)NC(=O)NC1c1ccco1. The van der Waals surface area contributed by atoms with Crippen molar-refractivity contribution in [3.8, 4) is 0 Å². The lowest BCUT2D eigenvalue weighted by Crippen LogP contribution is -2.47. The first-order valence-electron chi connectivity index (χ1n) is 10.8. The minimum Gasteiger partial charge on any atom is -0.467 e. The summed E-state index contributed by atoms with van der Waals surface area (Å²) in [6, 6.07) is 3.66. The third-order valence-corrected chi connectivity index (χ3v) is 5.50. The molecular formula is C22H25N5O6. The number of hydrogen-bond donors (Lipinski definition) is 2. The van der Waals surface area contributed by atoms with Crippen LogP contribution < -0.4 is 15.5 Å². The van der Waals surface area contributed by atoms with E-state index in [2.05, 4.69) is 20.6 Å². The van der Waals surface area contributed by atoms with E-state index < -0.39 is 18.0 Å². The second kappa shape index (κ2) is 10.2. The summed E-state index contributed by atoms with van der Waals surface area (Å²) < 4.78 is 16.1. The average Bonchev–Trinajstić information content (AvgIpc) is 3.38. The van der Waals surface area contributed by atoms with E-state index in [1.54, 1.807) is 37.5 Å². The molecule has 1 saturated heterocycles. The summed E-state index contributed by atoms with van der Waals surface area (Å²) in [5.41, 5.74) is 0.303. The Morgan fingerprint density at radius 2 is 1.94 bits per heavy atom. The van der Waals surface area contributed by atoms with Crippen LogP contribution in [0, 0.1) is 5.92 Å². The fourth-order valence-corrected chi connectivity index (χ4v) is 3.88. The van der Waals surface area contributed by atoms with Gasteiger partial charge in [0.2, 0.25) is 5.95 Å². The van der Waals surface area contributed by atoms with Gasteiger partial charge in [0.05, 0.1) is 30.1 Å². The van der Waals surface area contributed by atoms with Crippen LogP contribution >= 0.6 is 0 Å². The number of furan rings is 1. The molecule has 4 rings (SSSR count). The molecular weight excluding hydrogens is 430 g/mol. The molecule has 0 bridgehead atoms. The van der Waals surface area contributed by atoms with Crippen LogP contribution in [-0.2, 0) is 19.1 Å². The molecule has 0 aliphatic carbocycles. The summed E-state index contributed by atoms with van der Waals surface area (Å²) in [6.45, 7) is 2.82. The zero-order valence-corrected chi connectivity index (χ0v) is 18.2. The third-order valence-electron chi connectivity index (χ3n) is 5.50. The van der Waals surface area contributed by atoms with Crippen LogP contribution in [-0.4, -0.2) is 54.2 Å². The molecule has 0 radical (unpaired) electrons. The summed E-state index contributed by atoms with van der Waals surface area (Å²) in [6.07, 6.45) is 5.98. The van der Waals surface area contributed by atoms with Crippen molar-refractivity contribution in [3.05, 3.63) is 53.9 Å². The topological polar surface area (TPSA) is 136 Å². The average molecular weight is 455 g/mol. The molecule has 11 nitrogen and oxygen atoms in total. The quantitative estimate of drug-likeness (QED) is 0.598. The standard InChI is InChI=1S/C22H25N5O6/c1-2-31-20(29)17-15(25-22(30)26-18(17)16-5-3-12-32-16)13-33-19(28)14-6-10-27(11-7-14)21-23-8-4-9-24-21/h3-5,8-9,12,14,18H,2,6-7,10-11,13H2,1H3,(H2,25,26,30). The fourth-order valence-electron chi connectivity index (χ4n) is 3.88. The molecule has 2 amide bonds. The maximum atomic E-state index is 12.7.